The highest BCUT2D eigenvalue weighted by Crippen LogP contribution is 2.30. The van der Waals surface area contributed by atoms with Crippen LogP contribution in [0, 0.1) is 12.8 Å². The normalized spacial score (nSPS) is 17.8. The van der Waals surface area contributed by atoms with Crippen LogP contribution in [0.1, 0.15) is 40.7 Å². The van der Waals surface area contributed by atoms with Crippen LogP contribution in [0.3, 0.4) is 0 Å². The summed E-state index contributed by atoms with van der Waals surface area (Å²) in [6.45, 7) is 4.42. The van der Waals surface area contributed by atoms with Crippen molar-refractivity contribution in [1.29, 1.82) is 0 Å². The summed E-state index contributed by atoms with van der Waals surface area (Å²) in [5.74, 6) is -0.122. The van der Waals surface area contributed by atoms with Gasteiger partial charge in [-0.25, -0.2) is 4.79 Å². The molecule has 3 heteroatoms. The van der Waals surface area contributed by atoms with Crippen LogP contribution in [0.15, 0.2) is 30.3 Å². The van der Waals surface area contributed by atoms with Crippen LogP contribution in [0.5, 0.6) is 0 Å². The number of aromatic nitrogens is 1. The summed E-state index contributed by atoms with van der Waals surface area (Å²) < 4.78 is 2.27. The smallest absolute Gasteiger partial charge is 0.335 e. The lowest BCUT2D eigenvalue weighted by molar-refractivity contribution is 0.0697. The number of nitrogens with zero attached hydrogens (tertiary/aromatic N) is 1. The Balaban J connectivity index is 2.04. The monoisotopic (exact) mass is 269 g/mol. The average Bonchev–Trinajstić information content (AvgIpc) is 2.73. The number of benzene rings is 1. The van der Waals surface area contributed by atoms with Gasteiger partial charge in [0.05, 0.1) is 5.56 Å². The predicted octanol–water partition coefficient (Wildman–Crippen LogP) is 3.61. The molecule has 0 aliphatic heterocycles. The minimum Gasteiger partial charge on any atom is -0.478 e. The third kappa shape index (κ3) is 2.13. The van der Waals surface area contributed by atoms with Gasteiger partial charge in [0.2, 0.25) is 0 Å². The maximum Gasteiger partial charge on any atom is 0.335 e. The van der Waals surface area contributed by atoms with Crippen LogP contribution in [0.4, 0.5) is 0 Å². The molecule has 0 amide bonds. The Morgan fingerprint density at radius 1 is 1.30 bits per heavy atom. The molecule has 1 N–H and O–H groups in total. The van der Waals surface area contributed by atoms with E-state index in [4.69, 9.17) is 5.11 Å². The first kappa shape index (κ1) is 13.0. The summed E-state index contributed by atoms with van der Waals surface area (Å²) in [5.41, 5.74) is 5.46. The van der Waals surface area contributed by atoms with E-state index in [0.29, 0.717) is 5.56 Å². The molecule has 1 heterocycles. The van der Waals surface area contributed by atoms with Gasteiger partial charge in [-0.1, -0.05) is 6.92 Å². The maximum absolute atomic E-state index is 10.9. The number of aryl methyl sites for hydroxylation is 1. The molecular weight excluding hydrogens is 250 g/mol. The number of carboxylic acids is 1. The van der Waals surface area contributed by atoms with Gasteiger partial charge >= 0.3 is 5.97 Å². The van der Waals surface area contributed by atoms with Gasteiger partial charge in [0.25, 0.3) is 0 Å². The zero-order chi connectivity index (χ0) is 14.3. The minimum atomic E-state index is -0.878. The third-order valence-corrected chi connectivity index (χ3v) is 4.19. The van der Waals surface area contributed by atoms with Crippen molar-refractivity contribution < 1.29 is 9.90 Å². The molecule has 1 aromatic carbocycles. The highest BCUT2D eigenvalue weighted by atomic mass is 16.4. The van der Waals surface area contributed by atoms with Crippen molar-refractivity contribution in [3.8, 4) is 5.69 Å². The molecule has 0 fully saturated rings. The highest BCUT2D eigenvalue weighted by molar-refractivity contribution is 5.87. The van der Waals surface area contributed by atoms with Gasteiger partial charge in [-0.2, -0.15) is 0 Å². The van der Waals surface area contributed by atoms with Crippen LogP contribution in [-0.2, 0) is 12.8 Å². The van der Waals surface area contributed by atoms with E-state index in [1.165, 1.54) is 23.4 Å². The van der Waals surface area contributed by atoms with Crippen LogP contribution in [0.25, 0.3) is 5.69 Å². The summed E-state index contributed by atoms with van der Waals surface area (Å²) in [5, 5.41) is 8.98. The molecule has 1 unspecified atom stereocenters. The SMILES string of the molecule is Cc1cc2c(n1-c1ccc(C(=O)O)cc1)CCC(C)C2. The van der Waals surface area contributed by atoms with E-state index < -0.39 is 5.97 Å². The topological polar surface area (TPSA) is 42.2 Å². The molecule has 0 spiro atoms. The number of carboxylic acid groups (broad SMARTS) is 1. The Labute approximate surface area is 118 Å². The number of aromatic carboxylic acids is 1. The van der Waals surface area contributed by atoms with Crippen LogP contribution < -0.4 is 0 Å². The van der Waals surface area contributed by atoms with Gasteiger partial charge in [0.1, 0.15) is 0 Å². The number of fused-ring (bicyclic) bond motifs is 1. The van der Waals surface area contributed by atoms with Crippen molar-refractivity contribution in [2.24, 2.45) is 5.92 Å². The van der Waals surface area contributed by atoms with E-state index in [-0.39, 0.29) is 0 Å². The molecule has 1 atom stereocenters. The zero-order valence-corrected chi connectivity index (χ0v) is 11.9. The molecule has 0 saturated heterocycles. The fourth-order valence-corrected chi connectivity index (χ4v) is 3.18. The van der Waals surface area contributed by atoms with E-state index in [1.807, 2.05) is 12.1 Å². The van der Waals surface area contributed by atoms with Crippen molar-refractivity contribution in [2.75, 3.05) is 0 Å². The van der Waals surface area contributed by atoms with Gasteiger partial charge in [-0.15, -0.1) is 0 Å². The fourth-order valence-electron chi connectivity index (χ4n) is 3.18. The molecule has 20 heavy (non-hydrogen) atoms. The first-order valence-corrected chi connectivity index (χ1v) is 7.10. The molecule has 1 aliphatic carbocycles. The zero-order valence-electron chi connectivity index (χ0n) is 11.9. The van der Waals surface area contributed by atoms with Crippen molar-refractivity contribution >= 4 is 5.97 Å². The summed E-state index contributed by atoms with van der Waals surface area (Å²) in [6, 6.07) is 9.42. The first-order valence-electron chi connectivity index (χ1n) is 7.10. The summed E-state index contributed by atoms with van der Waals surface area (Å²) in [4.78, 5) is 10.9. The standard InChI is InChI=1S/C17H19NO2/c1-11-3-8-16-14(9-11)10-12(2)18(16)15-6-4-13(5-7-15)17(19)20/h4-7,10-11H,3,8-9H2,1-2H3,(H,19,20). The van der Waals surface area contributed by atoms with Gasteiger partial charge in [-0.3, -0.25) is 0 Å². The Hall–Kier alpha value is -2.03. The molecule has 1 aliphatic rings. The largest absolute Gasteiger partial charge is 0.478 e. The summed E-state index contributed by atoms with van der Waals surface area (Å²) >= 11 is 0. The lowest BCUT2D eigenvalue weighted by Crippen LogP contribution is -2.13. The predicted molar refractivity (Wildman–Crippen MR) is 78.7 cm³/mol. The quantitative estimate of drug-likeness (QED) is 0.905. The molecule has 2 aromatic rings. The number of rotatable bonds is 2. The highest BCUT2D eigenvalue weighted by Gasteiger charge is 2.21. The van der Waals surface area contributed by atoms with Crippen molar-refractivity contribution in [3.63, 3.8) is 0 Å². The second-order valence-corrected chi connectivity index (χ2v) is 5.79. The minimum absolute atomic E-state index is 0.334. The van der Waals surface area contributed by atoms with E-state index in [9.17, 15) is 4.79 Å². The molecule has 3 nitrogen and oxygen atoms in total. The first-order chi connectivity index (χ1) is 9.56. The molecule has 3 rings (SSSR count). The second-order valence-electron chi connectivity index (χ2n) is 5.79. The molecule has 1 aromatic heterocycles. The number of hydrogen-bond donors (Lipinski definition) is 1. The Morgan fingerprint density at radius 3 is 2.65 bits per heavy atom. The van der Waals surface area contributed by atoms with Crippen LogP contribution in [0.2, 0.25) is 0 Å². The van der Waals surface area contributed by atoms with Gasteiger partial charge in [-0.05, 0) is 68.0 Å². The summed E-state index contributed by atoms with van der Waals surface area (Å²) in [7, 11) is 0. The Kier molecular flexibility index (Phi) is 3.13. The van der Waals surface area contributed by atoms with E-state index in [1.54, 1.807) is 12.1 Å². The van der Waals surface area contributed by atoms with Crippen molar-refractivity contribution in [3.05, 3.63) is 52.8 Å². The van der Waals surface area contributed by atoms with E-state index in [2.05, 4.69) is 24.5 Å². The molecule has 0 bridgehead atoms. The Morgan fingerprint density at radius 2 is 2.00 bits per heavy atom. The second kappa shape index (κ2) is 4.82. The van der Waals surface area contributed by atoms with Crippen LogP contribution >= 0.6 is 0 Å². The lowest BCUT2D eigenvalue weighted by atomic mass is 9.89. The van der Waals surface area contributed by atoms with Crippen LogP contribution in [-0.4, -0.2) is 15.6 Å². The van der Waals surface area contributed by atoms with Gasteiger partial charge < -0.3 is 9.67 Å². The van der Waals surface area contributed by atoms with Crippen molar-refractivity contribution in [1.82, 2.24) is 4.57 Å². The molecule has 0 saturated carbocycles. The Bertz CT molecular complexity index is 652. The number of hydrogen-bond acceptors (Lipinski definition) is 1. The van der Waals surface area contributed by atoms with Gasteiger partial charge in [0, 0.05) is 17.1 Å². The average molecular weight is 269 g/mol. The molecular formula is C17H19NO2. The fraction of sp³-hybridized carbons (Fsp3) is 0.353. The number of carbonyl (C=O) groups is 1. The van der Waals surface area contributed by atoms with E-state index in [0.717, 1.165) is 24.4 Å². The lowest BCUT2D eigenvalue weighted by Gasteiger charge is -2.21. The maximum atomic E-state index is 10.9. The molecule has 104 valence electrons. The molecule has 0 radical (unpaired) electrons. The van der Waals surface area contributed by atoms with E-state index >= 15 is 0 Å². The third-order valence-electron chi connectivity index (χ3n) is 4.19. The van der Waals surface area contributed by atoms with Crippen molar-refractivity contribution in [2.45, 2.75) is 33.1 Å². The van der Waals surface area contributed by atoms with Gasteiger partial charge in [0.15, 0.2) is 0 Å². The summed E-state index contributed by atoms with van der Waals surface area (Å²) in [6.07, 6.45) is 3.48.